The molecule has 1 unspecified atom stereocenters. The van der Waals surface area contributed by atoms with E-state index in [1.807, 2.05) is 6.92 Å². The van der Waals surface area contributed by atoms with Gasteiger partial charge in [0.05, 0.1) is 47.1 Å². The molecule has 1 fully saturated rings. The van der Waals surface area contributed by atoms with Crippen LogP contribution in [0.3, 0.4) is 0 Å². The Kier molecular flexibility index (Phi) is 16.9. The third-order valence-corrected chi connectivity index (χ3v) is 14.5. The van der Waals surface area contributed by atoms with Crippen molar-refractivity contribution in [1.29, 1.82) is 0 Å². The lowest BCUT2D eigenvalue weighted by molar-refractivity contribution is -0.168. The van der Waals surface area contributed by atoms with Crippen molar-refractivity contribution in [1.82, 2.24) is 20.4 Å². The number of esters is 2. The van der Waals surface area contributed by atoms with E-state index < -0.39 is 101 Å². The van der Waals surface area contributed by atoms with Gasteiger partial charge in [0.2, 0.25) is 5.78 Å². The van der Waals surface area contributed by atoms with Gasteiger partial charge in [0.1, 0.15) is 42.1 Å². The van der Waals surface area contributed by atoms with Crippen LogP contribution in [0.1, 0.15) is 106 Å². The van der Waals surface area contributed by atoms with Gasteiger partial charge < -0.3 is 54.5 Å². The SMILES string of the molecule is CCN(C)COC(=O)CC(=O)O[C@H]1[C@H](C)[C@H](O)[C@H](C)[C@@H](O)[C@@H](C)/C=C/C=C(/C)C(=O)NC2=C3NC4(CCN(CC(C)I)CC4)N=C3c3c(c(O)c(C)c4c3C(=O)[C@@](C)(O/C=C/[C@H](OC)[C@H]1C)O4)C2=O. The standard InChI is InChI=1S/C50H68IN5O13/c1-12-55(10)24-66-33(57)22-34(58)68-45-28(5)32(65-11)16-21-67-49(9)47(63)37-35-36(43(61)31(8)46(37)69-49)44(62)40(39-38(35)53-50(54-39)17-19-56(20-18-50)23-27(4)51)52-48(64)26(3)15-13-14-25(2)41(59)29(6)42(60)30(45)7/h13-16,21,25,27-30,32,41-42,45,54,59-61H,12,17-20,22-24H2,1-11H3,(H,52,64)/b14-13+,21-16+,26-15-/t25-,27?,28+,29+,30+,32-,41-,42+,45+,49-/m0/s1. The first-order valence-corrected chi connectivity index (χ1v) is 24.8. The smallest absolute Gasteiger partial charge is 0.318 e. The minimum absolute atomic E-state index is 0.00535. The van der Waals surface area contributed by atoms with Crippen LogP contribution in [0.25, 0.3) is 0 Å². The number of phenolic OH excluding ortho intramolecular Hbond substituents is 1. The number of alkyl halides is 1. The van der Waals surface area contributed by atoms with Gasteiger partial charge in [0.25, 0.3) is 11.7 Å². The van der Waals surface area contributed by atoms with Crippen molar-refractivity contribution in [2.45, 2.75) is 121 Å². The summed E-state index contributed by atoms with van der Waals surface area (Å²) in [5, 5.41) is 41.6. The second-order valence-electron chi connectivity index (χ2n) is 19.3. The minimum Gasteiger partial charge on any atom is -0.507 e. The van der Waals surface area contributed by atoms with Crippen molar-refractivity contribution >= 4 is 57.7 Å². The molecule has 1 aromatic carbocycles. The molecule has 0 radical (unpaired) electrons. The number of piperidine rings is 1. The quantitative estimate of drug-likeness (QED) is 0.0747. The lowest BCUT2D eigenvalue weighted by Gasteiger charge is -2.38. The molecule has 1 aliphatic carbocycles. The lowest BCUT2D eigenvalue weighted by Crippen LogP contribution is -2.51. The number of benzene rings is 1. The van der Waals surface area contributed by atoms with E-state index in [2.05, 4.69) is 45.0 Å². The highest BCUT2D eigenvalue weighted by Gasteiger charge is 2.54. The molecule has 5 aliphatic heterocycles. The molecule has 0 saturated carbocycles. The number of aromatic hydroxyl groups is 1. The number of halogens is 1. The third-order valence-electron chi connectivity index (χ3n) is 14.1. The zero-order valence-electron chi connectivity index (χ0n) is 41.4. The van der Waals surface area contributed by atoms with E-state index in [-0.39, 0.29) is 57.4 Å². The van der Waals surface area contributed by atoms with Crippen LogP contribution in [0.5, 0.6) is 11.5 Å². The Hall–Kier alpha value is -4.67. The van der Waals surface area contributed by atoms with Crippen LogP contribution in [-0.4, -0.2) is 147 Å². The monoisotopic (exact) mass is 1070 g/mol. The number of likely N-dealkylation sites (tertiary alicyclic amines) is 1. The van der Waals surface area contributed by atoms with E-state index in [9.17, 15) is 39.3 Å². The number of ketones is 2. The number of nitrogens with one attached hydrogen (secondary N) is 2. The third kappa shape index (κ3) is 11.1. The maximum absolute atomic E-state index is 14.9. The summed E-state index contributed by atoms with van der Waals surface area (Å²) < 4.78 is 29.9. The maximum atomic E-state index is 14.9. The van der Waals surface area contributed by atoms with Crippen molar-refractivity contribution in [3.05, 3.63) is 69.8 Å². The number of fused-ring (bicyclic) bond motifs is 13. The number of amides is 1. The summed E-state index contributed by atoms with van der Waals surface area (Å²) >= 11 is 2.39. The van der Waals surface area contributed by atoms with Crippen molar-refractivity contribution in [3.63, 3.8) is 0 Å². The second-order valence-corrected chi connectivity index (χ2v) is 21.4. The average Bonchev–Trinajstić information content (AvgIpc) is 3.81. The fraction of sp³-hybridized carbons (Fsp3) is 0.600. The van der Waals surface area contributed by atoms with Gasteiger partial charge in [-0.3, -0.25) is 33.9 Å². The van der Waals surface area contributed by atoms with Crippen molar-refractivity contribution in [2.75, 3.05) is 47.1 Å². The van der Waals surface area contributed by atoms with Crippen molar-refractivity contribution in [3.8, 4) is 11.5 Å². The molecule has 5 bridgehead atoms. The van der Waals surface area contributed by atoms with Gasteiger partial charge >= 0.3 is 17.7 Å². The van der Waals surface area contributed by atoms with Crippen LogP contribution in [0.2, 0.25) is 0 Å². The lowest BCUT2D eigenvalue weighted by atomic mass is 9.78. The molecule has 1 aromatic rings. The number of carbonyl (C=O) groups excluding carboxylic acids is 5. The number of aliphatic hydroxyl groups is 2. The number of hydrogen-bond acceptors (Lipinski definition) is 17. The number of aliphatic imine (C=N–C) groups is 1. The first-order chi connectivity index (χ1) is 32.5. The molecule has 6 aliphatic rings. The summed E-state index contributed by atoms with van der Waals surface area (Å²) in [5.41, 5.74) is -0.461. The largest absolute Gasteiger partial charge is 0.507 e. The number of phenols is 1. The molecule has 1 spiro atoms. The summed E-state index contributed by atoms with van der Waals surface area (Å²) in [4.78, 5) is 79.0. The van der Waals surface area contributed by atoms with Crippen molar-refractivity contribution < 1.29 is 63.0 Å². The van der Waals surface area contributed by atoms with Crippen LogP contribution < -0.4 is 15.4 Å². The van der Waals surface area contributed by atoms with Crippen molar-refractivity contribution in [2.24, 2.45) is 28.7 Å². The molecule has 19 heteroatoms. The van der Waals surface area contributed by atoms with Gasteiger partial charge in [0, 0.05) is 90.8 Å². The Morgan fingerprint density at radius 1 is 1.00 bits per heavy atom. The fourth-order valence-electron chi connectivity index (χ4n) is 9.56. The Bertz CT molecular complexity index is 2350. The summed E-state index contributed by atoms with van der Waals surface area (Å²) in [6.45, 7) is 18.1. The predicted octanol–water partition coefficient (Wildman–Crippen LogP) is 4.61. The van der Waals surface area contributed by atoms with Gasteiger partial charge in [-0.1, -0.05) is 82.4 Å². The van der Waals surface area contributed by atoms with Crippen LogP contribution in [0.4, 0.5) is 0 Å². The minimum atomic E-state index is -2.03. The Morgan fingerprint density at radius 3 is 2.32 bits per heavy atom. The number of ether oxygens (including phenoxy) is 5. The number of aliphatic hydroxyl groups excluding tert-OH is 2. The number of rotatable bonds is 9. The molecule has 0 aromatic heterocycles. The topological polar surface area (TPSA) is 235 Å². The first-order valence-electron chi connectivity index (χ1n) is 23.6. The second kappa shape index (κ2) is 21.8. The van der Waals surface area contributed by atoms with Gasteiger partial charge in [-0.15, -0.1) is 0 Å². The number of allylic oxidation sites excluding steroid dienone is 4. The zero-order valence-corrected chi connectivity index (χ0v) is 43.5. The molecule has 5 N–H and O–H groups in total. The summed E-state index contributed by atoms with van der Waals surface area (Å²) in [6.07, 6.45) is 3.52. The van der Waals surface area contributed by atoms with Gasteiger partial charge in [-0.05, 0) is 33.5 Å². The van der Waals surface area contributed by atoms with Gasteiger partial charge in [-0.25, -0.2) is 0 Å². The predicted molar refractivity (Wildman–Crippen MR) is 264 cm³/mol. The number of carbonyl (C=O) groups is 5. The van der Waals surface area contributed by atoms with E-state index in [0.29, 0.717) is 36.4 Å². The molecule has 69 heavy (non-hydrogen) atoms. The van der Waals surface area contributed by atoms with Crippen LogP contribution in [-0.2, 0) is 33.3 Å². The van der Waals surface area contributed by atoms with E-state index in [1.165, 1.54) is 39.4 Å². The number of methoxy groups -OCH3 is 1. The average molecular weight is 1070 g/mol. The van der Waals surface area contributed by atoms with E-state index in [4.69, 9.17) is 28.7 Å². The molecule has 5 heterocycles. The highest BCUT2D eigenvalue weighted by molar-refractivity contribution is 14.1. The maximum Gasteiger partial charge on any atom is 0.318 e. The molecule has 378 valence electrons. The molecule has 1 amide bonds. The molecule has 7 rings (SSSR count). The molecular formula is C50H68IN5O13. The Balaban J connectivity index is 1.43. The normalized spacial score (nSPS) is 31.7. The number of Topliss-reactive ketones (excluding diaryl/α,β-unsaturated/α-hetero) is 2. The molecule has 1 saturated heterocycles. The first kappa shape index (κ1) is 53.7. The summed E-state index contributed by atoms with van der Waals surface area (Å²) in [6, 6.07) is 0. The van der Waals surface area contributed by atoms with Crippen LogP contribution in [0, 0.1) is 30.6 Å². The van der Waals surface area contributed by atoms with Gasteiger partial charge in [-0.2, -0.15) is 0 Å². The Labute approximate surface area is 417 Å². The van der Waals surface area contributed by atoms with E-state index >= 15 is 0 Å². The zero-order chi connectivity index (χ0) is 50.9. The number of nitrogens with zero attached hydrogens (tertiary/aromatic N) is 3. The summed E-state index contributed by atoms with van der Waals surface area (Å²) in [5.74, 6) is -9.14. The van der Waals surface area contributed by atoms with E-state index in [0.717, 1.165) is 6.54 Å². The molecule has 10 atom stereocenters. The molecular weight excluding hydrogens is 1010 g/mol. The van der Waals surface area contributed by atoms with Crippen LogP contribution >= 0.6 is 22.6 Å². The van der Waals surface area contributed by atoms with Crippen LogP contribution in [0.15, 0.2) is 52.5 Å². The Morgan fingerprint density at radius 2 is 1.68 bits per heavy atom. The fourth-order valence-corrected chi connectivity index (χ4v) is 10.1. The molecule has 18 nitrogen and oxygen atoms in total. The highest BCUT2D eigenvalue weighted by Crippen LogP contribution is 2.50. The van der Waals surface area contributed by atoms with E-state index in [1.54, 1.807) is 58.7 Å². The number of hydrogen-bond donors (Lipinski definition) is 5. The summed E-state index contributed by atoms with van der Waals surface area (Å²) in [7, 11) is 3.17. The highest BCUT2D eigenvalue weighted by atomic mass is 127. The van der Waals surface area contributed by atoms with Gasteiger partial charge in [0.15, 0.2) is 0 Å².